The molecular weight excluding hydrogens is 320 g/mol. The minimum atomic E-state index is 0.0915. The van der Waals surface area contributed by atoms with E-state index in [2.05, 4.69) is 39.0 Å². The van der Waals surface area contributed by atoms with Crippen molar-refractivity contribution in [2.24, 2.45) is 23.7 Å². The highest BCUT2D eigenvalue weighted by atomic mass is 16.1. The lowest BCUT2D eigenvalue weighted by Crippen LogP contribution is -2.17. The van der Waals surface area contributed by atoms with Crippen molar-refractivity contribution in [2.75, 3.05) is 0 Å². The molecule has 0 bridgehead atoms. The molecule has 2 rings (SSSR count). The summed E-state index contributed by atoms with van der Waals surface area (Å²) in [5, 5.41) is 0. The van der Waals surface area contributed by atoms with E-state index in [0.717, 1.165) is 57.5 Å². The van der Waals surface area contributed by atoms with Crippen LogP contribution in [0, 0.1) is 23.7 Å². The Morgan fingerprint density at radius 2 is 1.85 bits per heavy atom. The van der Waals surface area contributed by atoms with Gasteiger partial charge in [-0.3, -0.25) is 0 Å². The molecule has 4 atom stereocenters. The van der Waals surface area contributed by atoms with Crippen molar-refractivity contribution in [1.82, 2.24) is 0 Å². The van der Waals surface area contributed by atoms with Gasteiger partial charge in [0.2, 0.25) is 0 Å². The molecule has 26 heavy (non-hydrogen) atoms. The average Bonchev–Trinajstić information content (AvgIpc) is 2.64. The van der Waals surface area contributed by atoms with Gasteiger partial charge in [-0.15, -0.1) is 0 Å². The third-order valence-corrected chi connectivity index (χ3v) is 5.98. The molecule has 144 valence electrons. The zero-order valence-corrected chi connectivity index (χ0v) is 16.9. The number of carbonyl (C=O) groups is 2. The molecule has 0 aromatic carbocycles. The molecule has 0 amide bonds. The van der Waals surface area contributed by atoms with Gasteiger partial charge in [0.1, 0.15) is 12.6 Å². The summed E-state index contributed by atoms with van der Waals surface area (Å²) in [7, 11) is 0. The Labute approximate surface area is 159 Å². The Bertz CT molecular complexity index is 563. The third-order valence-electron chi connectivity index (χ3n) is 5.98. The molecule has 1 saturated carbocycles. The van der Waals surface area contributed by atoms with Gasteiger partial charge in [0, 0.05) is 11.8 Å². The molecule has 0 spiro atoms. The van der Waals surface area contributed by atoms with Crippen LogP contribution in [0.15, 0.2) is 34.9 Å². The summed E-state index contributed by atoms with van der Waals surface area (Å²) in [4.78, 5) is 22.4. The summed E-state index contributed by atoms with van der Waals surface area (Å²) < 4.78 is 0. The van der Waals surface area contributed by atoms with Crippen molar-refractivity contribution in [3.63, 3.8) is 0 Å². The van der Waals surface area contributed by atoms with E-state index in [1.54, 1.807) is 0 Å². The Balaban J connectivity index is 1.87. The molecule has 1 fully saturated rings. The van der Waals surface area contributed by atoms with Gasteiger partial charge >= 0.3 is 0 Å². The zero-order valence-electron chi connectivity index (χ0n) is 16.9. The first-order valence-electron chi connectivity index (χ1n) is 10.4. The van der Waals surface area contributed by atoms with Crippen LogP contribution in [0.3, 0.4) is 0 Å². The van der Waals surface area contributed by atoms with Gasteiger partial charge in [-0.2, -0.15) is 0 Å². The molecule has 2 heteroatoms. The highest BCUT2D eigenvalue weighted by molar-refractivity contribution is 5.57. The van der Waals surface area contributed by atoms with E-state index >= 15 is 0 Å². The highest BCUT2D eigenvalue weighted by Gasteiger charge is 2.23. The second kappa shape index (κ2) is 10.6. The second-order valence-corrected chi connectivity index (χ2v) is 8.84. The van der Waals surface area contributed by atoms with Crippen LogP contribution in [0.5, 0.6) is 0 Å². The number of rotatable bonds is 8. The molecule has 4 unspecified atom stereocenters. The summed E-state index contributed by atoms with van der Waals surface area (Å²) in [6, 6.07) is 0. The van der Waals surface area contributed by atoms with Crippen molar-refractivity contribution in [1.29, 1.82) is 0 Å². The number of hydrogen-bond donors (Lipinski definition) is 0. The highest BCUT2D eigenvalue weighted by Crippen LogP contribution is 2.35. The Hall–Kier alpha value is -1.44. The Kier molecular flexibility index (Phi) is 8.54. The second-order valence-electron chi connectivity index (χ2n) is 8.84. The molecule has 2 nitrogen and oxygen atoms in total. The van der Waals surface area contributed by atoms with Crippen LogP contribution in [0.2, 0.25) is 0 Å². The van der Waals surface area contributed by atoms with Crippen LogP contribution in [-0.2, 0) is 9.59 Å². The topological polar surface area (TPSA) is 34.1 Å². The van der Waals surface area contributed by atoms with Crippen LogP contribution in [0.1, 0.15) is 78.6 Å². The van der Waals surface area contributed by atoms with Crippen molar-refractivity contribution < 1.29 is 9.59 Å². The molecule has 2 aliphatic carbocycles. The first kappa shape index (κ1) is 20.9. The van der Waals surface area contributed by atoms with E-state index in [4.69, 9.17) is 0 Å². The van der Waals surface area contributed by atoms with Crippen molar-refractivity contribution in [2.45, 2.75) is 78.6 Å². The number of hydrogen-bond acceptors (Lipinski definition) is 2. The maximum atomic E-state index is 11.4. The maximum absolute atomic E-state index is 11.4. The van der Waals surface area contributed by atoms with E-state index in [1.165, 1.54) is 29.6 Å². The van der Waals surface area contributed by atoms with Gasteiger partial charge in [-0.25, -0.2) is 0 Å². The molecule has 0 radical (unpaired) electrons. The number of aldehydes is 2. The Morgan fingerprint density at radius 3 is 2.54 bits per heavy atom. The van der Waals surface area contributed by atoms with Crippen molar-refractivity contribution in [3.8, 4) is 0 Å². The lowest BCUT2D eigenvalue weighted by atomic mass is 9.78. The number of carbonyl (C=O) groups excluding carboxylic acids is 2. The molecule has 0 aromatic heterocycles. The molecule has 0 aliphatic heterocycles. The van der Waals surface area contributed by atoms with Gasteiger partial charge in [-0.05, 0) is 77.6 Å². The molecule has 0 saturated heterocycles. The summed E-state index contributed by atoms with van der Waals surface area (Å²) in [5.41, 5.74) is 4.22. The monoisotopic (exact) mass is 356 g/mol. The van der Waals surface area contributed by atoms with Gasteiger partial charge in [0.25, 0.3) is 0 Å². The van der Waals surface area contributed by atoms with Crippen LogP contribution >= 0.6 is 0 Å². The van der Waals surface area contributed by atoms with Crippen molar-refractivity contribution in [3.05, 3.63) is 34.9 Å². The molecular formula is C24H36O2. The third kappa shape index (κ3) is 7.05. The average molecular weight is 357 g/mol. The lowest BCUT2D eigenvalue weighted by molar-refractivity contribution is -0.112. The smallest absolute Gasteiger partial charge is 0.126 e. The van der Waals surface area contributed by atoms with Gasteiger partial charge in [-0.1, -0.05) is 47.8 Å². The van der Waals surface area contributed by atoms with Gasteiger partial charge in [0.15, 0.2) is 0 Å². The van der Waals surface area contributed by atoms with Crippen LogP contribution < -0.4 is 0 Å². The fraction of sp³-hybridized carbons (Fsp3) is 0.667. The SMILES string of the molecule is CC(C)=CCC1=CC(C=O)CC(C/C(C)=C/CC2CCCC(C=O)C2)C1. The summed E-state index contributed by atoms with van der Waals surface area (Å²) >= 11 is 0. The van der Waals surface area contributed by atoms with Gasteiger partial charge < -0.3 is 9.59 Å². The predicted octanol–water partition coefficient (Wildman–Crippen LogP) is 6.23. The molecule has 0 heterocycles. The summed E-state index contributed by atoms with van der Waals surface area (Å²) in [5.74, 6) is 1.64. The minimum Gasteiger partial charge on any atom is -0.303 e. The fourth-order valence-electron chi connectivity index (χ4n) is 4.59. The van der Waals surface area contributed by atoms with Gasteiger partial charge in [0.05, 0.1) is 0 Å². The van der Waals surface area contributed by atoms with E-state index in [-0.39, 0.29) is 11.8 Å². The number of allylic oxidation sites excluding steroid dienone is 6. The molecule has 0 aromatic rings. The molecule has 2 aliphatic rings. The Morgan fingerprint density at radius 1 is 1.04 bits per heavy atom. The first-order valence-corrected chi connectivity index (χ1v) is 10.4. The van der Waals surface area contributed by atoms with Crippen LogP contribution in [0.4, 0.5) is 0 Å². The zero-order chi connectivity index (χ0) is 18.9. The maximum Gasteiger partial charge on any atom is 0.126 e. The summed E-state index contributed by atoms with van der Waals surface area (Å²) in [6.45, 7) is 6.50. The van der Waals surface area contributed by atoms with E-state index in [1.807, 2.05) is 0 Å². The standard InChI is InChI=1S/C24H36O2/c1-18(2)7-9-21-13-23(15-24(14-21)17-26)11-19(3)8-10-20-5-4-6-22(12-20)16-25/h7-8,14,16-17,20,22-24H,4-6,9-13,15H2,1-3H3/b19-8+. The van der Waals surface area contributed by atoms with Crippen LogP contribution in [-0.4, -0.2) is 12.6 Å². The largest absolute Gasteiger partial charge is 0.303 e. The predicted molar refractivity (Wildman–Crippen MR) is 109 cm³/mol. The van der Waals surface area contributed by atoms with E-state index in [9.17, 15) is 9.59 Å². The first-order chi connectivity index (χ1) is 12.5. The minimum absolute atomic E-state index is 0.0915. The van der Waals surface area contributed by atoms with E-state index in [0.29, 0.717) is 11.8 Å². The quantitative estimate of drug-likeness (QED) is 0.382. The normalized spacial score (nSPS) is 29.7. The van der Waals surface area contributed by atoms with Crippen molar-refractivity contribution >= 4 is 12.6 Å². The fourth-order valence-corrected chi connectivity index (χ4v) is 4.59. The van der Waals surface area contributed by atoms with Crippen LogP contribution in [0.25, 0.3) is 0 Å². The molecule has 0 N–H and O–H groups in total. The summed E-state index contributed by atoms with van der Waals surface area (Å²) in [6.07, 6.45) is 19.1. The lowest BCUT2D eigenvalue weighted by Gasteiger charge is -2.27. The van der Waals surface area contributed by atoms with E-state index < -0.39 is 0 Å².